The molecular formula is C16H11Cl2F2NO3. The van der Waals surface area contributed by atoms with E-state index in [2.05, 4.69) is 5.32 Å². The number of hydrogen-bond donors (Lipinski definition) is 1. The lowest BCUT2D eigenvalue weighted by Gasteiger charge is -2.15. The number of nitrogens with one attached hydrogen (secondary N) is 1. The van der Waals surface area contributed by atoms with Crippen LogP contribution in [0.1, 0.15) is 17.3 Å². The van der Waals surface area contributed by atoms with Crippen LogP contribution in [0.3, 0.4) is 0 Å². The lowest BCUT2D eigenvalue weighted by atomic mass is 10.2. The van der Waals surface area contributed by atoms with Crippen molar-refractivity contribution in [2.75, 3.05) is 5.32 Å². The van der Waals surface area contributed by atoms with Crippen LogP contribution >= 0.6 is 23.2 Å². The number of ether oxygens (including phenoxy) is 1. The third kappa shape index (κ3) is 4.21. The van der Waals surface area contributed by atoms with Gasteiger partial charge in [-0.25, -0.2) is 13.6 Å². The summed E-state index contributed by atoms with van der Waals surface area (Å²) in [5, 5.41) is 2.99. The molecule has 1 atom stereocenters. The van der Waals surface area contributed by atoms with Crippen LogP contribution in [0.5, 0.6) is 0 Å². The topological polar surface area (TPSA) is 55.4 Å². The second-order valence-corrected chi connectivity index (χ2v) is 5.60. The maximum atomic E-state index is 13.5. The Morgan fingerprint density at radius 1 is 1.12 bits per heavy atom. The van der Waals surface area contributed by atoms with Crippen molar-refractivity contribution in [3.8, 4) is 0 Å². The number of rotatable bonds is 4. The molecule has 0 saturated carbocycles. The first-order valence-corrected chi connectivity index (χ1v) is 7.46. The Hall–Kier alpha value is -2.18. The van der Waals surface area contributed by atoms with Gasteiger partial charge in [-0.2, -0.15) is 0 Å². The molecule has 0 saturated heterocycles. The van der Waals surface area contributed by atoms with E-state index in [9.17, 15) is 18.4 Å². The van der Waals surface area contributed by atoms with Gasteiger partial charge in [0.05, 0.1) is 10.7 Å². The monoisotopic (exact) mass is 373 g/mol. The van der Waals surface area contributed by atoms with Crippen molar-refractivity contribution in [2.45, 2.75) is 13.0 Å². The van der Waals surface area contributed by atoms with Crippen molar-refractivity contribution in [3.05, 3.63) is 63.6 Å². The second kappa shape index (κ2) is 7.59. The summed E-state index contributed by atoms with van der Waals surface area (Å²) in [6, 6.07) is 7.35. The highest BCUT2D eigenvalue weighted by molar-refractivity contribution is 6.35. The molecule has 0 aromatic heterocycles. The lowest BCUT2D eigenvalue weighted by molar-refractivity contribution is -0.123. The summed E-state index contributed by atoms with van der Waals surface area (Å²) in [7, 11) is 0. The predicted molar refractivity (Wildman–Crippen MR) is 86.3 cm³/mol. The molecule has 0 heterocycles. The molecule has 0 spiro atoms. The highest BCUT2D eigenvalue weighted by Crippen LogP contribution is 2.25. The molecule has 4 nitrogen and oxygen atoms in total. The molecule has 0 radical (unpaired) electrons. The van der Waals surface area contributed by atoms with Crippen LogP contribution in [-0.4, -0.2) is 18.0 Å². The number of esters is 1. The van der Waals surface area contributed by atoms with Gasteiger partial charge >= 0.3 is 5.97 Å². The zero-order chi connectivity index (χ0) is 17.9. The van der Waals surface area contributed by atoms with E-state index in [4.69, 9.17) is 27.9 Å². The summed E-state index contributed by atoms with van der Waals surface area (Å²) >= 11 is 11.7. The van der Waals surface area contributed by atoms with E-state index in [0.717, 1.165) is 18.2 Å². The van der Waals surface area contributed by atoms with E-state index < -0.39 is 35.2 Å². The van der Waals surface area contributed by atoms with Gasteiger partial charge in [-0.3, -0.25) is 4.79 Å². The number of benzene rings is 2. The van der Waals surface area contributed by atoms with E-state index in [1.54, 1.807) is 0 Å². The molecular weight excluding hydrogens is 363 g/mol. The molecule has 2 aromatic carbocycles. The van der Waals surface area contributed by atoms with Crippen molar-refractivity contribution < 1.29 is 23.1 Å². The summed E-state index contributed by atoms with van der Waals surface area (Å²) in [6.07, 6.45) is -1.31. The molecule has 1 N–H and O–H groups in total. The van der Waals surface area contributed by atoms with Crippen LogP contribution < -0.4 is 5.32 Å². The summed E-state index contributed by atoms with van der Waals surface area (Å²) in [5.41, 5.74) is -0.646. The molecule has 0 aliphatic rings. The standard InChI is InChI=1S/C16H11Cl2F2NO3/c1-8(15(22)21-13-7-9(17)5-6-10(13)18)24-16(23)14-11(19)3-2-4-12(14)20/h2-8H,1H3,(H,21,22)/t8-/m1/s1. The number of amides is 1. The largest absolute Gasteiger partial charge is 0.449 e. The fourth-order valence-electron chi connectivity index (χ4n) is 1.79. The Bertz CT molecular complexity index is 779. The van der Waals surface area contributed by atoms with Crippen LogP contribution in [0.15, 0.2) is 36.4 Å². The highest BCUT2D eigenvalue weighted by Gasteiger charge is 2.24. The Kier molecular flexibility index (Phi) is 5.75. The van der Waals surface area contributed by atoms with Gasteiger partial charge in [-0.05, 0) is 37.3 Å². The average Bonchev–Trinajstić information content (AvgIpc) is 2.50. The summed E-state index contributed by atoms with van der Waals surface area (Å²) < 4.78 is 31.8. The van der Waals surface area contributed by atoms with Gasteiger partial charge in [-0.15, -0.1) is 0 Å². The predicted octanol–water partition coefficient (Wildman–Crippen LogP) is 4.46. The van der Waals surface area contributed by atoms with Gasteiger partial charge < -0.3 is 10.1 Å². The Morgan fingerprint density at radius 3 is 2.38 bits per heavy atom. The molecule has 0 aliphatic carbocycles. The minimum atomic E-state index is -1.31. The molecule has 2 rings (SSSR count). The van der Waals surface area contributed by atoms with Gasteiger partial charge in [0.1, 0.15) is 17.2 Å². The molecule has 0 bridgehead atoms. The van der Waals surface area contributed by atoms with Gasteiger partial charge in [-0.1, -0.05) is 29.3 Å². The van der Waals surface area contributed by atoms with E-state index >= 15 is 0 Å². The van der Waals surface area contributed by atoms with Crippen molar-refractivity contribution in [1.82, 2.24) is 0 Å². The Labute approximate surface area is 146 Å². The van der Waals surface area contributed by atoms with Gasteiger partial charge in [0, 0.05) is 5.02 Å². The fraction of sp³-hybridized carbons (Fsp3) is 0.125. The number of anilines is 1. The van der Waals surface area contributed by atoms with Crippen molar-refractivity contribution in [1.29, 1.82) is 0 Å². The van der Waals surface area contributed by atoms with Crippen molar-refractivity contribution in [2.24, 2.45) is 0 Å². The van der Waals surface area contributed by atoms with Crippen molar-refractivity contribution >= 4 is 40.8 Å². The summed E-state index contributed by atoms with van der Waals surface area (Å²) in [6.45, 7) is 1.25. The quantitative estimate of drug-likeness (QED) is 0.805. The van der Waals surface area contributed by atoms with Crippen molar-refractivity contribution in [3.63, 3.8) is 0 Å². The van der Waals surface area contributed by atoms with Crippen LogP contribution in [0, 0.1) is 11.6 Å². The molecule has 24 heavy (non-hydrogen) atoms. The zero-order valence-corrected chi connectivity index (χ0v) is 13.8. The van der Waals surface area contributed by atoms with Crippen LogP contribution in [0.2, 0.25) is 10.0 Å². The van der Waals surface area contributed by atoms with Gasteiger partial charge in [0.25, 0.3) is 5.91 Å². The smallest absolute Gasteiger partial charge is 0.344 e. The number of hydrogen-bond acceptors (Lipinski definition) is 3. The number of carbonyl (C=O) groups is 2. The first kappa shape index (κ1) is 18.2. The summed E-state index contributed by atoms with van der Waals surface area (Å²) in [4.78, 5) is 23.9. The van der Waals surface area contributed by atoms with E-state index in [1.165, 1.54) is 25.1 Å². The minimum absolute atomic E-state index is 0.217. The highest BCUT2D eigenvalue weighted by atomic mass is 35.5. The third-order valence-corrected chi connectivity index (χ3v) is 3.57. The SMILES string of the molecule is C[C@@H](OC(=O)c1c(F)cccc1F)C(=O)Nc1cc(Cl)ccc1Cl. The van der Waals surface area contributed by atoms with E-state index in [0.29, 0.717) is 5.02 Å². The summed E-state index contributed by atoms with van der Waals surface area (Å²) in [5.74, 6) is -4.18. The van der Waals surface area contributed by atoms with Gasteiger partial charge in [0.15, 0.2) is 6.10 Å². The zero-order valence-electron chi connectivity index (χ0n) is 12.3. The van der Waals surface area contributed by atoms with Crippen LogP contribution in [-0.2, 0) is 9.53 Å². The van der Waals surface area contributed by atoms with E-state index in [-0.39, 0.29) is 10.7 Å². The number of carbonyl (C=O) groups excluding carboxylic acids is 2. The molecule has 2 aromatic rings. The molecule has 0 fully saturated rings. The Morgan fingerprint density at radius 2 is 1.75 bits per heavy atom. The number of halogens is 4. The van der Waals surface area contributed by atoms with Crippen LogP contribution in [0.4, 0.5) is 14.5 Å². The fourth-order valence-corrected chi connectivity index (χ4v) is 2.13. The molecule has 1 amide bonds. The maximum Gasteiger partial charge on any atom is 0.344 e. The normalized spacial score (nSPS) is 11.7. The molecule has 0 aliphatic heterocycles. The van der Waals surface area contributed by atoms with Gasteiger partial charge in [0.2, 0.25) is 0 Å². The first-order valence-electron chi connectivity index (χ1n) is 6.70. The second-order valence-electron chi connectivity index (χ2n) is 4.76. The molecule has 126 valence electrons. The average molecular weight is 374 g/mol. The molecule has 8 heteroatoms. The Balaban J connectivity index is 2.09. The first-order chi connectivity index (χ1) is 11.3. The maximum absolute atomic E-state index is 13.5. The lowest BCUT2D eigenvalue weighted by Crippen LogP contribution is -2.30. The van der Waals surface area contributed by atoms with Crippen LogP contribution in [0.25, 0.3) is 0 Å². The minimum Gasteiger partial charge on any atom is -0.449 e. The third-order valence-electron chi connectivity index (χ3n) is 3.01. The molecule has 0 unspecified atom stereocenters. The van der Waals surface area contributed by atoms with E-state index in [1.807, 2.05) is 0 Å².